The molecule has 0 amide bonds. The molecular formula is C30H35N2O4+. The quantitative estimate of drug-likeness (QED) is 0.310. The highest BCUT2D eigenvalue weighted by Crippen LogP contribution is 2.34. The number of nitrogens with zero attached hydrogens (tertiary/aromatic N) is 2. The van der Waals surface area contributed by atoms with Gasteiger partial charge in [0, 0.05) is 36.5 Å². The lowest BCUT2D eigenvalue weighted by molar-refractivity contribution is -0.617. The minimum Gasteiger partial charge on any atom is -0.377 e. The van der Waals surface area contributed by atoms with E-state index in [-0.39, 0.29) is 0 Å². The highest BCUT2D eigenvalue weighted by molar-refractivity contribution is 6.07. The molecule has 36 heavy (non-hydrogen) atoms. The zero-order chi connectivity index (χ0) is 24.6. The number of hydrogen-bond acceptors (Lipinski definition) is 5. The van der Waals surface area contributed by atoms with Crippen LogP contribution in [0, 0.1) is 0 Å². The number of pyridine rings is 1. The Balaban J connectivity index is 1.42. The summed E-state index contributed by atoms with van der Waals surface area (Å²) in [6.07, 6.45) is 0. The first-order valence-electron chi connectivity index (χ1n) is 12.8. The van der Waals surface area contributed by atoms with E-state index in [2.05, 4.69) is 89.3 Å². The van der Waals surface area contributed by atoms with Crippen LogP contribution in [-0.2, 0) is 26.0 Å². The van der Waals surface area contributed by atoms with E-state index in [0.29, 0.717) is 52.9 Å². The van der Waals surface area contributed by atoms with Crippen molar-refractivity contribution >= 4 is 27.5 Å². The number of rotatable bonds is 2. The predicted molar refractivity (Wildman–Crippen MR) is 144 cm³/mol. The van der Waals surface area contributed by atoms with Crippen LogP contribution in [0.1, 0.15) is 0 Å². The van der Waals surface area contributed by atoms with Gasteiger partial charge in [0.05, 0.1) is 63.6 Å². The highest BCUT2D eigenvalue weighted by atomic mass is 16.6. The standard InChI is InChI=1S/C30H35N2O4/c1-31-28-8-4-2-6-26(28)30(27-7-3-5-9-29(27)31)24-10-12-25(13-11-24)32-14-16-33-18-20-35-22-23-36-21-19-34-17-15-32/h2-13H,14-23H2,1H3/q+1. The summed E-state index contributed by atoms with van der Waals surface area (Å²) in [6.45, 7) is 6.43. The summed E-state index contributed by atoms with van der Waals surface area (Å²) < 4.78 is 25.0. The Morgan fingerprint density at radius 1 is 0.556 bits per heavy atom. The van der Waals surface area contributed by atoms with Crippen LogP contribution in [-0.4, -0.2) is 65.9 Å². The van der Waals surface area contributed by atoms with Crippen molar-refractivity contribution in [1.29, 1.82) is 0 Å². The summed E-state index contributed by atoms with van der Waals surface area (Å²) in [4.78, 5) is 2.33. The summed E-state index contributed by atoms with van der Waals surface area (Å²) in [5, 5.41) is 2.51. The molecule has 0 N–H and O–H groups in total. The third kappa shape index (κ3) is 5.68. The van der Waals surface area contributed by atoms with Crippen molar-refractivity contribution in [1.82, 2.24) is 0 Å². The Morgan fingerprint density at radius 2 is 1.00 bits per heavy atom. The number of hydrogen-bond donors (Lipinski definition) is 0. The maximum Gasteiger partial charge on any atom is 0.213 e. The number of aryl methyl sites for hydroxylation is 1. The molecule has 2 heterocycles. The van der Waals surface area contributed by atoms with Crippen LogP contribution in [0.5, 0.6) is 0 Å². The monoisotopic (exact) mass is 487 g/mol. The van der Waals surface area contributed by atoms with Crippen molar-refractivity contribution in [3.05, 3.63) is 72.8 Å². The molecule has 1 saturated heterocycles. The molecule has 3 aromatic carbocycles. The molecule has 1 aliphatic rings. The third-order valence-corrected chi connectivity index (χ3v) is 6.72. The van der Waals surface area contributed by atoms with Crippen molar-refractivity contribution in [3.8, 4) is 11.1 Å². The molecule has 1 fully saturated rings. The largest absolute Gasteiger partial charge is 0.377 e. The topological polar surface area (TPSA) is 44.0 Å². The molecule has 1 aromatic heterocycles. The van der Waals surface area contributed by atoms with E-state index in [0.717, 1.165) is 18.8 Å². The number of benzene rings is 3. The first-order valence-corrected chi connectivity index (χ1v) is 12.8. The van der Waals surface area contributed by atoms with Gasteiger partial charge < -0.3 is 23.8 Å². The second-order valence-corrected chi connectivity index (χ2v) is 8.95. The van der Waals surface area contributed by atoms with Crippen LogP contribution < -0.4 is 9.47 Å². The van der Waals surface area contributed by atoms with Crippen LogP contribution >= 0.6 is 0 Å². The predicted octanol–water partition coefficient (Wildman–Crippen LogP) is 4.37. The van der Waals surface area contributed by atoms with Gasteiger partial charge in [-0.05, 0) is 29.8 Å². The smallest absolute Gasteiger partial charge is 0.213 e. The number of aromatic nitrogens is 1. The fourth-order valence-corrected chi connectivity index (χ4v) is 4.86. The van der Waals surface area contributed by atoms with Gasteiger partial charge in [0.15, 0.2) is 0 Å². The summed E-state index contributed by atoms with van der Waals surface area (Å²) in [5.41, 5.74) is 6.10. The maximum absolute atomic E-state index is 5.81. The Bertz CT molecular complexity index is 1200. The number of para-hydroxylation sites is 2. The van der Waals surface area contributed by atoms with E-state index in [1.165, 1.54) is 32.9 Å². The molecule has 0 bridgehead atoms. The Morgan fingerprint density at radius 3 is 1.50 bits per heavy atom. The molecule has 6 nitrogen and oxygen atoms in total. The summed E-state index contributed by atoms with van der Waals surface area (Å²) in [6, 6.07) is 26.2. The molecule has 0 atom stereocenters. The number of ether oxygens (including phenoxy) is 4. The molecule has 188 valence electrons. The normalized spacial score (nSPS) is 17.1. The van der Waals surface area contributed by atoms with Crippen molar-refractivity contribution in [2.75, 3.05) is 70.8 Å². The molecule has 4 aromatic rings. The van der Waals surface area contributed by atoms with E-state index < -0.39 is 0 Å². The van der Waals surface area contributed by atoms with Crippen LogP contribution in [0.2, 0.25) is 0 Å². The molecule has 0 unspecified atom stereocenters. The second kappa shape index (κ2) is 12.3. The van der Waals surface area contributed by atoms with Gasteiger partial charge in [-0.3, -0.25) is 0 Å². The SMILES string of the molecule is C[n+]1c2ccccc2c(-c2ccc(N3CCOCCOCCOCCOCC3)cc2)c2ccccc21. The van der Waals surface area contributed by atoms with E-state index in [1.54, 1.807) is 0 Å². The van der Waals surface area contributed by atoms with Crippen LogP contribution in [0.3, 0.4) is 0 Å². The highest BCUT2D eigenvalue weighted by Gasteiger charge is 2.18. The molecule has 0 radical (unpaired) electrons. The average Bonchev–Trinajstić information content (AvgIpc) is 2.93. The first kappa shape index (κ1) is 24.7. The van der Waals surface area contributed by atoms with Crippen LogP contribution in [0.15, 0.2) is 72.8 Å². The van der Waals surface area contributed by atoms with Gasteiger partial charge in [0.1, 0.15) is 7.05 Å². The Labute approximate surface area is 213 Å². The fraction of sp³-hybridized carbons (Fsp3) is 0.367. The van der Waals surface area contributed by atoms with Crippen molar-refractivity contribution in [2.45, 2.75) is 0 Å². The second-order valence-electron chi connectivity index (χ2n) is 8.95. The van der Waals surface area contributed by atoms with Gasteiger partial charge in [0.25, 0.3) is 0 Å². The molecule has 0 saturated carbocycles. The van der Waals surface area contributed by atoms with Gasteiger partial charge in [-0.25, -0.2) is 0 Å². The van der Waals surface area contributed by atoms with Crippen molar-refractivity contribution in [3.63, 3.8) is 0 Å². The lowest BCUT2D eigenvalue weighted by Gasteiger charge is -2.25. The molecule has 0 aliphatic carbocycles. The van der Waals surface area contributed by atoms with Crippen LogP contribution in [0.4, 0.5) is 5.69 Å². The summed E-state index contributed by atoms with van der Waals surface area (Å²) in [7, 11) is 2.14. The fourth-order valence-electron chi connectivity index (χ4n) is 4.86. The minimum atomic E-state index is 0.589. The zero-order valence-electron chi connectivity index (χ0n) is 21.0. The lowest BCUT2D eigenvalue weighted by Crippen LogP contribution is -2.31. The molecule has 1 aliphatic heterocycles. The molecule has 0 spiro atoms. The number of fused-ring (bicyclic) bond motifs is 2. The lowest BCUT2D eigenvalue weighted by atomic mass is 9.95. The van der Waals surface area contributed by atoms with Gasteiger partial charge in [0.2, 0.25) is 11.0 Å². The molecule has 5 rings (SSSR count). The maximum atomic E-state index is 5.81. The van der Waals surface area contributed by atoms with E-state index >= 15 is 0 Å². The average molecular weight is 488 g/mol. The molecule has 6 heteroatoms. The number of anilines is 1. The minimum absolute atomic E-state index is 0.589. The van der Waals surface area contributed by atoms with Crippen molar-refractivity contribution < 1.29 is 23.5 Å². The summed E-state index contributed by atoms with van der Waals surface area (Å²) >= 11 is 0. The van der Waals surface area contributed by atoms with Gasteiger partial charge >= 0.3 is 0 Å². The van der Waals surface area contributed by atoms with Crippen LogP contribution in [0.25, 0.3) is 32.9 Å². The zero-order valence-corrected chi connectivity index (χ0v) is 21.0. The van der Waals surface area contributed by atoms with E-state index in [1.807, 2.05) is 0 Å². The van der Waals surface area contributed by atoms with E-state index in [9.17, 15) is 0 Å². The van der Waals surface area contributed by atoms with Gasteiger partial charge in [-0.15, -0.1) is 0 Å². The van der Waals surface area contributed by atoms with Gasteiger partial charge in [-0.2, -0.15) is 4.57 Å². The Hall–Kier alpha value is -3.03. The molecular weight excluding hydrogens is 452 g/mol. The van der Waals surface area contributed by atoms with E-state index in [4.69, 9.17) is 18.9 Å². The van der Waals surface area contributed by atoms with Crippen molar-refractivity contribution in [2.24, 2.45) is 7.05 Å². The first-order chi connectivity index (χ1) is 17.8. The Kier molecular flexibility index (Phi) is 8.41. The summed E-state index contributed by atoms with van der Waals surface area (Å²) in [5.74, 6) is 0. The third-order valence-electron chi connectivity index (χ3n) is 6.72. The van der Waals surface area contributed by atoms with Gasteiger partial charge in [-0.1, -0.05) is 36.4 Å².